The predicted octanol–water partition coefficient (Wildman–Crippen LogP) is 1.15. The molecule has 1 aromatic heterocycles. The summed E-state index contributed by atoms with van der Waals surface area (Å²) in [6, 6.07) is 4.30. The summed E-state index contributed by atoms with van der Waals surface area (Å²) in [5.74, 6) is -0.561. The van der Waals surface area contributed by atoms with E-state index in [9.17, 15) is 24.5 Å². The third-order valence-electron chi connectivity index (χ3n) is 3.06. The van der Waals surface area contributed by atoms with Crippen molar-refractivity contribution in [3.8, 4) is 0 Å². The van der Waals surface area contributed by atoms with Gasteiger partial charge < -0.3 is 5.32 Å². The van der Waals surface area contributed by atoms with E-state index >= 15 is 0 Å². The van der Waals surface area contributed by atoms with Gasteiger partial charge >= 0.3 is 5.69 Å². The predicted molar refractivity (Wildman–Crippen MR) is 85.5 cm³/mol. The van der Waals surface area contributed by atoms with E-state index in [0.29, 0.717) is 5.56 Å². The van der Waals surface area contributed by atoms with Gasteiger partial charge in [-0.2, -0.15) is 0 Å². The number of nitrogens with one attached hydrogen (secondary N) is 2. The number of hydrogen-bond acceptors (Lipinski definition) is 5. The van der Waals surface area contributed by atoms with E-state index < -0.39 is 22.1 Å². The molecule has 0 unspecified atom stereocenters. The summed E-state index contributed by atoms with van der Waals surface area (Å²) in [5, 5.41) is 13.4. The molecular weight excluding hydrogens is 372 g/mol. The summed E-state index contributed by atoms with van der Waals surface area (Å²) in [6.45, 7) is 1.16. The molecule has 0 bridgehead atoms. The van der Waals surface area contributed by atoms with Crippen molar-refractivity contribution in [2.24, 2.45) is 0 Å². The Morgan fingerprint density at radius 3 is 2.78 bits per heavy atom. The number of nitro benzene ring substituents is 1. The number of carbonyl (C=O) groups is 1. The number of halogens is 1. The van der Waals surface area contributed by atoms with Gasteiger partial charge in [-0.1, -0.05) is 6.07 Å². The molecule has 0 fully saturated rings. The molecule has 0 spiro atoms. The molecule has 23 heavy (non-hydrogen) atoms. The number of anilines is 1. The van der Waals surface area contributed by atoms with Crippen LogP contribution >= 0.6 is 15.9 Å². The number of benzene rings is 1. The van der Waals surface area contributed by atoms with Crippen molar-refractivity contribution in [3.05, 3.63) is 65.4 Å². The highest BCUT2D eigenvalue weighted by atomic mass is 79.9. The van der Waals surface area contributed by atoms with Crippen LogP contribution in [-0.2, 0) is 11.3 Å². The molecule has 0 radical (unpaired) electrons. The SMILES string of the molecule is Cc1c(NC(=O)Cn2cc(Br)c(=O)[nH]c2=O)cccc1[N+](=O)[O-]. The second-order valence-corrected chi connectivity index (χ2v) is 5.47. The van der Waals surface area contributed by atoms with Crippen molar-refractivity contribution in [2.45, 2.75) is 13.5 Å². The fourth-order valence-corrected chi connectivity index (χ4v) is 2.25. The van der Waals surface area contributed by atoms with Crippen LogP contribution in [0.5, 0.6) is 0 Å². The highest BCUT2D eigenvalue weighted by Crippen LogP contribution is 2.24. The molecule has 2 aromatic rings. The quantitative estimate of drug-likeness (QED) is 0.605. The summed E-state index contributed by atoms with van der Waals surface area (Å²) in [7, 11) is 0. The molecule has 1 amide bonds. The number of nitrogens with zero attached hydrogens (tertiary/aromatic N) is 2. The van der Waals surface area contributed by atoms with Crippen LogP contribution in [-0.4, -0.2) is 20.4 Å². The molecule has 0 aliphatic heterocycles. The van der Waals surface area contributed by atoms with Gasteiger partial charge in [0.25, 0.3) is 11.2 Å². The van der Waals surface area contributed by atoms with Crippen molar-refractivity contribution in [1.29, 1.82) is 0 Å². The van der Waals surface area contributed by atoms with Gasteiger partial charge in [0.1, 0.15) is 6.54 Å². The summed E-state index contributed by atoms with van der Waals surface area (Å²) < 4.78 is 1.12. The molecule has 1 aromatic carbocycles. The maximum Gasteiger partial charge on any atom is 0.328 e. The fraction of sp³-hybridized carbons (Fsp3) is 0.154. The number of nitro groups is 1. The zero-order valence-corrected chi connectivity index (χ0v) is 13.4. The maximum atomic E-state index is 12.0. The average molecular weight is 383 g/mol. The van der Waals surface area contributed by atoms with Gasteiger partial charge in [-0.05, 0) is 28.9 Å². The van der Waals surface area contributed by atoms with E-state index in [1.54, 1.807) is 0 Å². The third kappa shape index (κ3) is 3.72. The molecule has 2 rings (SSSR count). The minimum Gasteiger partial charge on any atom is -0.324 e. The van der Waals surface area contributed by atoms with E-state index in [2.05, 4.69) is 21.2 Å². The topological polar surface area (TPSA) is 127 Å². The first-order chi connectivity index (χ1) is 10.8. The first kappa shape index (κ1) is 16.6. The Hall–Kier alpha value is -2.75. The fourth-order valence-electron chi connectivity index (χ4n) is 1.90. The molecule has 2 N–H and O–H groups in total. The average Bonchev–Trinajstić information content (AvgIpc) is 2.46. The van der Waals surface area contributed by atoms with Gasteiger partial charge in [-0.15, -0.1) is 0 Å². The molecule has 0 aliphatic rings. The molecule has 9 nitrogen and oxygen atoms in total. The van der Waals surface area contributed by atoms with E-state index in [1.165, 1.54) is 31.3 Å². The van der Waals surface area contributed by atoms with Crippen LogP contribution < -0.4 is 16.6 Å². The molecule has 0 saturated heterocycles. The minimum atomic E-state index is -0.732. The number of hydrogen-bond donors (Lipinski definition) is 2. The summed E-state index contributed by atoms with van der Waals surface area (Å²) in [5.41, 5.74) is -0.862. The van der Waals surface area contributed by atoms with E-state index in [-0.39, 0.29) is 22.4 Å². The molecule has 1 heterocycles. The largest absolute Gasteiger partial charge is 0.328 e. The third-order valence-corrected chi connectivity index (χ3v) is 3.62. The van der Waals surface area contributed by atoms with Gasteiger partial charge in [-0.3, -0.25) is 29.3 Å². The molecule has 0 aliphatic carbocycles. The van der Waals surface area contributed by atoms with E-state index in [4.69, 9.17) is 0 Å². The molecular formula is C13H11BrN4O5. The number of aromatic amines is 1. The lowest BCUT2D eigenvalue weighted by Gasteiger charge is -2.09. The summed E-state index contributed by atoms with van der Waals surface area (Å²) >= 11 is 2.96. The van der Waals surface area contributed by atoms with Crippen LogP contribution in [0.15, 0.2) is 38.5 Å². The van der Waals surface area contributed by atoms with Gasteiger partial charge in [0.05, 0.1) is 20.6 Å². The second kappa shape index (κ2) is 6.57. The zero-order valence-electron chi connectivity index (χ0n) is 11.8. The summed E-state index contributed by atoms with van der Waals surface area (Å²) in [4.78, 5) is 47.2. The van der Waals surface area contributed by atoms with Crippen molar-refractivity contribution in [3.63, 3.8) is 0 Å². The molecule has 10 heteroatoms. The van der Waals surface area contributed by atoms with Gasteiger partial charge in [0, 0.05) is 12.3 Å². The minimum absolute atomic E-state index is 0.108. The number of amides is 1. The lowest BCUT2D eigenvalue weighted by atomic mass is 10.1. The smallest absolute Gasteiger partial charge is 0.324 e. The molecule has 0 atom stereocenters. The van der Waals surface area contributed by atoms with Crippen LogP contribution in [0.4, 0.5) is 11.4 Å². The second-order valence-electron chi connectivity index (χ2n) is 4.62. The Bertz CT molecular complexity index is 902. The Labute approximate surface area is 137 Å². The normalized spacial score (nSPS) is 10.3. The zero-order chi connectivity index (χ0) is 17.1. The first-order valence-electron chi connectivity index (χ1n) is 6.32. The lowest BCUT2D eigenvalue weighted by molar-refractivity contribution is -0.385. The highest BCUT2D eigenvalue weighted by Gasteiger charge is 2.15. The van der Waals surface area contributed by atoms with Crippen molar-refractivity contribution >= 4 is 33.2 Å². The van der Waals surface area contributed by atoms with Gasteiger partial charge in [-0.25, -0.2) is 4.79 Å². The van der Waals surface area contributed by atoms with Gasteiger partial charge in [0.2, 0.25) is 5.91 Å². The lowest BCUT2D eigenvalue weighted by Crippen LogP contribution is -2.33. The van der Waals surface area contributed by atoms with Crippen LogP contribution in [0.1, 0.15) is 5.56 Å². The van der Waals surface area contributed by atoms with Crippen LogP contribution in [0.3, 0.4) is 0 Å². The number of H-pyrrole nitrogens is 1. The first-order valence-corrected chi connectivity index (χ1v) is 7.12. The van der Waals surface area contributed by atoms with Crippen LogP contribution in [0.25, 0.3) is 0 Å². The Morgan fingerprint density at radius 2 is 2.13 bits per heavy atom. The Kier molecular flexibility index (Phi) is 4.74. The van der Waals surface area contributed by atoms with Crippen molar-refractivity contribution in [2.75, 3.05) is 5.32 Å². The Morgan fingerprint density at radius 1 is 1.43 bits per heavy atom. The van der Waals surface area contributed by atoms with Crippen molar-refractivity contribution < 1.29 is 9.72 Å². The van der Waals surface area contributed by atoms with Crippen LogP contribution in [0.2, 0.25) is 0 Å². The number of aromatic nitrogens is 2. The monoisotopic (exact) mass is 382 g/mol. The maximum absolute atomic E-state index is 12.0. The van der Waals surface area contributed by atoms with E-state index in [1.807, 2.05) is 4.98 Å². The van der Waals surface area contributed by atoms with Crippen molar-refractivity contribution in [1.82, 2.24) is 9.55 Å². The summed E-state index contributed by atoms with van der Waals surface area (Å²) in [6.07, 6.45) is 1.20. The number of carbonyl (C=O) groups excluding carboxylic acids is 1. The Balaban J connectivity index is 2.23. The number of rotatable bonds is 4. The molecule has 0 saturated carbocycles. The highest BCUT2D eigenvalue weighted by molar-refractivity contribution is 9.10. The van der Waals surface area contributed by atoms with Gasteiger partial charge in [0.15, 0.2) is 0 Å². The standard InChI is InChI=1S/C13H11BrN4O5/c1-7-9(3-2-4-10(7)18(22)23)15-11(19)6-17-5-8(14)12(20)16-13(17)21/h2-5H,6H2,1H3,(H,15,19)(H,16,20,21). The van der Waals surface area contributed by atoms with Crippen LogP contribution in [0, 0.1) is 17.0 Å². The van der Waals surface area contributed by atoms with E-state index in [0.717, 1.165) is 4.57 Å². The molecule has 120 valence electrons.